The van der Waals surface area contributed by atoms with Crippen LogP contribution in [0.1, 0.15) is 39.5 Å². The number of nitrogens with one attached hydrogen (secondary N) is 2. The first kappa shape index (κ1) is 14.3. The Morgan fingerprint density at radius 3 is 2.50 bits per heavy atom. The summed E-state index contributed by atoms with van der Waals surface area (Å²) in [6, 6.07) is 0. The fourth-order valence-corrected chi connectivity index (χ4v) is 3.36. The van der Waals surface area contributed by atoms with Crippen molar-refractivity contribution in [2.75, 3.05) is 45.8 Å². The van der Waals surface area contributed by atoms with Crippen LogP contribution in [0.4, 0.5) is 0 Å². The smallest absolute Gasteiger partial charge is 0.0108 e. The molecule has 0 radical (unpaired) electrons. The van der Waals surface area contributed by atoms with Crippen molar-refractivity contribution in [2.24, 2.45) is 11.3 Å². The van der Waals surface area contributed by atoms with Gasteiger partial charge in [0.25, 0.3) is 0 Å². The van der Waals surface area contributed by atoms with E-state index in [2.05, 4.69) is 29.4 Å². The Labute approximate surface area is 113 Å². The molecule has 0 amide bonds. The second-order valence-corrected chi connectivity index (χ2v) is 6.97. The Hall–Kier alpha value is -0.120. The Kier molecular flexibility index (Phi) is 5.46. The number of hydrogen-bond acceptors (Lipinski definition) is 3. The quantitative estimate of drug-likeness (QED) is 0.754. The van der Waals surface area contributed by atoms with Gasteiger partial charge < -0.3 is 15.5 Å². The molecule has 3 nitrogen and oxygen atoms in total. The van der Waals surface area contributed by atoms with E-state index in [9.17, 15) is 0 Å². The summed E-state index contributed by atoms with van der Waals surface area (Å²) in [5, 5.41) is 7.14. The molecule has 0 unspecified atom stereocenters. The van der Waals surface area contributed by atoms with Crippen molar-refractivity contribution in [3.05, 3.63) is 0 Å². The maximum absolute atomic E-state index is 3.71. The Balaban J connectivity index is 1.62. The van der Waals surface area contributed by atoms with Crippen LogP contribution in [-0.4, -0.2) is 50.7 Å². The third kappa shape index (κ3) is 4.87. The summed E-state index contributed by atoms with van der Waals surface area (Å²) >= 11 is 0. The van der Waals surface area contributed by atoms with Gasteiger partial charge in [-0.15, -0.1) is 0 Å². The molecule has 2 aliphatic rings. The second kappa shape index (κ2) is 6.88. The van der Waals surface area contributed by atoms with Crippen molar-refractivity contribution in [1.82, 2.24) is 15.5 Å². The lowest BCUT2D eigenvalue weighted by atomic mass is 9.92. The van der Waals surface area contributed by atoms with E-state index >= 15 is 0 Å². The predicted molar refractivity (Wildman–Crippen MR) is 77.9 cm³/mol. The molecule has 1 aliphatic heterocycles. The molecule has 0 aromatic heterocycles. The van der Waals surface area contributed by atoms with Crippen LogP contribution in [0.15, 0.2) is 0 Å². The molecule has 0 aromatic rings. The van der Waals surface area contributed by atoms with Gasteiger partial charge in [0.2, 0.25) is 0 Å². The highest BCUT2D eigenvalue weighted by molar-refractivity contribution is 4.80. The molecule has 0 atom stereocenters. The van der Waals surface area contributed by atoms with Gasteiger partial charge in [0.05, 0.1) is 0 Å². The highest BCUT2D eigenvalue weighted by Crippen LogP contribution is 2.24. The molecule has 2 fully saturated rings. The first-order chi connectivity index (χ1) is 8.66. The first-order valence-electron chi connectivity index (χ1n) is 7.79. The largest absolute Gasteiger partial charge is 0.316 e. The van der Waals surface area contributed by atoms with Crippen LogP contribution in [0.5, 0.6) is 0 Å². The monoisotopic (exact) mass is 253 g/mol. The number of nitrogens with zero attached hydrogens (tertiary/aromatic N) is 1. The lowest BCUT2D eigenvalue weighted by molar-refractivity contribution is 0.157. The molecule has 0 aromatic carbocycles. The van der Waals surface area contributed by atoms with E-state index in [1.165, 1.54) is 51.9 Å². The van der Waals surface area contributed by atoms with Crippen molar-refractivity contribution in [3.63, 3.8) is 0 Å². The zero-order valence-corrected chi connectivity index (χ0v) is 12.3. The maximum Gasteiger partial charge on any atom is 0.0108 e. The molecular formula is C15H31N3. The molecule has 2 rings (SSSR count). The van der Waals surface area contributed by atoms with Crippen LogP contribution in [0.2, 0.25) is 0 Å². The summed E-state index contributed by atoms with van der Waals surface area (Å²) in [4.78, 5) is 2.60. The molecule has 1 heterocycles. The summed E-state index contributed by atoms with van der Waals surface area (Å²) in [6.07, 6.45) is 5.81. The summed E-state index contributed by atoms with van der Waals surface area (Å²) in [5.74, 6) is 0.958. The zero-order valence-electron chi connectivity index (χ0n) is 12.3. The molecule has 18 heavy (non-hydrogen) atoms. The average molecular weight is 253 g/mol. The van der Waals surface area contributed by atoms with E-state index in [-0.39, 0.29) is 0 Å². The van der Waals surface area contributed by atoms with Crippen molar-refractivity contribution in [1.29, 1.82) is 0 Å². The summed E-state index contributed by atoms with van der Waals surface area (Å²) in [7, 11) is 0. The highest BCUT2D eigenvalue weighted by atomic mass is 15.2. The van der Waals surface area contributed by atoms with Crippen LogP contribution in [0.3, 0.4) is 0 Å². The minimum absolute atomic E-state index is 0.399. The van der Waals surface area contributed by atoms with Gasteiger partial charge >= 0.3 is 0 Å². The molecule has 3 heteroatoms. The van der Waals surface area contributed by atoms with E-state index in [1.807, 2.05) is 0 Å². The van der Waals surface area contributed by atoms with Gasteiger partial charge in [0, 0.05) is 39.3 Å². The van der Waals surface area contributed by atoms with E-state index in [0.717, 1.165) is 25.6 Å². The SMILES string of the molecule is CC(C)(CNCC1CCCC1)CN1CCNCC1. The maximum atomic E-state index is 3.71. The number of rotatable bonds is 6. The Morgan fingerprint density at radius 2 is 1.83 bits per heavy atom. The van der Waals surface area contributed by atoms with Crippen LogP contribution < -0.4 is 10.6 Å². The molecular weight excluding hydrogens is 222 g/mol. The number of hydrogen-bond donors (Lipinski definition) is 2. The van der Waals surface area contributed by atoms with Crippen molar-refractivity contribution in [3.8, 4) is 0 Å². The van der Waals surface area contributed by atoms with Gasteiger partial charge in [-0.05, 0) is 30.7 Å². The topological polar surface area (TPSA) is 27.3 Å². The van der Waals surface area contributed by atoms with Crippen molar-refractivity contribution < 1.29 is 0 Å². The standard InChI is InChI=1S/C15H31N3/c1-15(2,13-18-9-7-16-8-10-18)12-17-11-14-5-3-4-6-14/h14,16-17H,3-13H2,1-2H3. The Morgan fingerprint density at radius 1 is 1.17 bits per heavy atom. The fourth-order valence-electron chi connectivity index (χ4n) is 3.36. The normalized spacial score (nSPS) is 23.7. The minimum Gasteiger partial charge on any atom is -0.316 e. The molecule has 0 spiro atoms. The zero-order chi connectivity index (χ0) is 12.8. The van der Waals surface area contributed by atoms with E-state index < -0.39 is 0 Å². The van der Waals surface area contributed by atoms with Gasteiger partial charge in [-0.1, -0.05) is 26.7 Å². The molecule has 1 saturated heterocycles. The molecule has 106 valence electrons. The van der Waals surface area contributed by atoms with Crippen LogP contribution in [0, 0.1) is 11.3 Å². The van der Waals surface area contributed by atoms with Crippen molar-refractivity contribution >= 4 is 0 Å². The summed E-state index contributed by atoms with van der Waals surface area (Å²) in [5.41, 5.74) is 0.399. The summed E-state index contributed by atoms with van der Waals surface area (Å²) in [6.45, 7) is 13.2. The predicted octanol–water partition coefficient (Wildman–Crippen LogP) is 1.70. The third-order valence-corrected chi connectivity index (χ3v) is 4.37. The molecule has 1 aliphatic carbocycles. The Bertz CT molecular complexity index is 228. The van der Waals surface area contributed by atoms with E-state index in [4.69, 9.17) is 0 Å². The molecule has 0 bridgehead atoms. The van der Waals surface area contributed by atoms with Gasteiger partial charge in [0.1, 0.15) is 0 Å². The van der Waals surface area contributed by atoms with E-state index in [0.29, 0.717) is 5.41 Å². The highest BCUT2D eigenvalue weighted by Gasteiger charge is 2.23. The van der Waals surface area contributed by atoms with Crippen molar-refractivity contribution in [2.45, 2.75) is 39.5 Å². The van der Waals surface area contributed by atoms with Crippen LogP contribution >= 0.6 is 0 Å². The van der Waals surface area contributed by atoms with Gasteiger partial charge in [-0.3, -0.25) is 0 Å². The van der Waals surface area contributed by atoms with Gasteiger partial charge in [0.15, 0.2) is 0 Å². The second-order valence-electron chi connectivity index (χ2n) is 6.97. The number of piperazine rings is 1. The van der Waals surface area contributed by atoms with Crippen LogP contribution in [-0.2, 0) is 0 Å². The molecule has 1 saturated carbocycles. The van der Waals surface area contributed by atoms with Gasteiger partial charge in [-0.2, -0.15) is 0 Å². The lowest BCUT2D eigenvalue weighted by Gasteiger charge is -2.35. The molecule has 2 N–H and O–H groups in total. The first-order valence-corrected chi connectivity index (χ1v) is 7.79. The minimum atomic E-state index is 0.399. The lowest BCUT2D eigenvalue weighted by Crippen LogP contribution is -2.49. The third-order valence-electron chi connectivity index (χ3n) is 4.37. The van der Waals surface area contributed by atoms with Crippen LogP contribution in [0.25, 0.3) is 0 Å². The summed E-state index contributed by atoms with van der Waals surface area (Å²) < 4.78 is 0. The van der Waals surface area contributed by atoms with Gasteiger partial charge in [-0.25, -0.2) is 0 Å². The fraction of sp³-hybridized carbons (Fsp3) is 1.00. The average Bonchev–Trinajstić information content (AvgIpc) is 2.82. The van der Waals surface area contributed by atoms with E-state index in [1.54, 1.807) is 0 Å².